The molecule has 0 radical (unpaired) electrons. The molecule has 0 aliphatic rings. The number of ether oxygens (including phenoxy) is 1. The number of hydrogen-bond donors (Lipinski definition) is 1. The Morgan fingerprint density at radius 1 is 1.12 bits per heavy atom. The molecule has 180 valence electrons. The van der Waals surface area contributed by atoms with Crippen molar-refractivity contribution in [3.05, 3.63) is 93.5 Å². The van der Waals surface area contributed by atoms with E-state index in [4.69, 9.17) is 15.5 Å². The number of aryl methyl sites for hydroxylation is 1. The summed E-state index contributed by atoms with van der Waals surface area (Å²) in [5, 5.41) is 0. The van der Waals surface area contributed by atoms with Gasteiger partial charge in [0.25, 0.3) is 11.5 Å². The summed E-state index contributed by atoms with van der Waals surface area (Å²) in [7, 11) is 1.49. The molecule has 1 heterocycles. The number of rotatable bonds is 10. The summed E-state index contributed by atoms with van der Waals surface area (Å²) < 4.78 is 6.98. The lowest BCUT2D eigenvalue weighted by Gasteiger charge is -2.35. The van der Waals surface area contributed by atoms with Crippen LogP contribution in [0.3, 0.4) is 0 Å². The Labute approximate surface area is 201 Å². The summed E-state index contributed by atoms with van der Waals surface area (Å²) in [5.74, 6) is 0.598. The molecular weight excluding hydrogens is 428 g/mol. The summed E-state index contributed by atoms with van der Waals surface area (Å²) in [6.07, 6.45) is 0.633. The van der Waals surface area contributed by atoms with E-state index < -0.39 is 6.04 Å². The van der Waals surface area contributed by atoms with E-state index in [9.17, 15) is 9.59 Å². The maximum absolute atomic E-state index is 13.7. The van der Waals surface area contributed by atoms with E-state index in [1.54, 1.807) is 9.47 Å². The minimum absolute atomic E-state index is 0.0202. The first-order chi connectivity index (χ1) is 16.3. The molecule has 7 nitrogen and oxygen atoms in total. The topological polar surface area (TPSA) is 90.5 Å². The second-order valence-electron chi connectivity index (χ2n) is 8.76. The number of hydrogen-bond acceptors (Lipinski definition) is 5. The van der Waals surface area contributed by atoms with E-state index in [2.05, 4.69) is 0 Å². The monoisotopic (exact) mass is 462 g/mol. The highest BCUT2D eigenvalue weighted by Crippen LogP contribution is 2.30. The molecule has 0 spiro atoms. The Hall–Kier alpha value is -3.45. The number of aromatic nitrogens is 2. The van der Waals surface area contributed by atoms with Gasteiger partial charge in [-0.2, -0.15) is 4.98 Å². The average Bonchev–Trinajstić information content (AvgIpc) is 2.83. The highest BCUT2D eigenvalue weighted by Gasteiger charge is 2.32. The molecule has 7 heteroatoms. The van der Waals surface area contributed by atoms with Gasteiger partial charge in [-0.1, -0.05) is 61.9 Å². The zero-order valence-electron chi connectivity index (χ0n) is 20.4. The number of nitrogens with zero attached hydrogens (tertiary/aromatic N) is 3. The van der Waals surface area contributed by atoms with Crippen LogP contribution in [0.4, 0.5) is 0 Å². The minimum Gasteiger partial charge on any atom is -0.481 e. The van der Waals surface area contributed by atoms with Gasteiger partial charge in [-0.15, -0.1) is 0 Å². The normalized spacial score (nSPS) is 11.9. The van der Waals surface area contributed by atoms with Crippen molar-refractivity contribution in [3.8, 4) is 5.88 Å². The fourth-order valence-electron chi connectivity index (χ4n) is 4.05. The zero-order valence-corrected chi connectivity index (χ0v) is 20.4. The van der Waals surface area contributed by atoms with Crippen LogP contribution in [0.5, 0.6) is 5.88 Å². The first kappa shape index (κ1) is 25.2. The lowest BCUT2D eigenvalue weighted by molar-refractivity contribution is 0.0600. The molecule has 0 saturated carbocycles. The standard InChI is InChI=1S/C27H34N4O3/c1-19(2)25(30(16-8-15-28)27(33)22-13-11-20(3)12-14-22)26-29-23(34-4)17-24(32)31(26)18-21-9-6-5-7-10-21/h5-7,9-14,17,19,25H,8,15-16,18,28H2,1-4H3. The van der Waals surface area contributed by atoms with Crippen molar-refractivity contribution in [1.82, 2.24) is 14.5 Å². The van der Waals surface area contributed by atoms with Gasteiger partial charge in [-0.3, -0.25) is 14.2 Å². The first-order valence-electron chi connectivity index (χ1n) is 11.6. The number of benzene rings is 2. The van der Waals surface area contributed by atoms with E-state index in [1.165, 1.54) is 13.2 Å². The van der Waals surface area contributed by atoms with Gasteiger partial charge >= 0.3 is 0 Å². The van der Waals surface area contributed by atoms with Crippen LogP contribution in [0.1, 0.15) is 53.6 Å². The second kappa shape index (κ2) is 11.6. The Bertz CT molecular complexity index is 1140. The highest BCUT2D eigenvalue weighted by molar-refractivity contribution is 5.94. The van der Waals surface area contributed by atoms with Gasteiger partial charge in [0.2, 0.25) is 5.88 Å². The fraction of sp³-hybridized carbons (Fsp3) is 0.370. The quantitative estimate of drug-likeness (QED) is 0.495. The third-order valence-electron chi connectivity index (χ3n) is 5.80. The first-order valence-corrected chi connectivity index (χ1v) is 11.6. The van der Waals surface area contributed by atoms with Crippen LogP contribution in [-0.2, 0) is 6.54 Å². The predicted molar refractivity (Wildman–Crippen MR) is 134 cm³/mol. The van der Waals surface area contributed by atoms with Crippen molar-refractivity contribution >= 4 is 5.91 Å². The molecule has 1 amide bonds. The number of nitrogens with two attached hydrogens (primary N) is 1. The molecule has 0 aliphatic heterocycles. The molecule has 0 aliphatic carbocycles. The summed E-state index contributed by atoms with van der Waals surface area (Å²) >= 11 is 0. The molecule has 0 bridgehead atoms. The number of carbonyl (C=O) groups excluding carboxylic acids is 1. The van der Waals surface area contributed by atoms with E-state index in [0.29, 0.717) is 37.4 Å². The summed E-state index contributed by atoms with van der Waals surface area (Å²) in [4.78, 5) is 33.4. The van der Waals surface area contributed by atoms with Crippen molar-refractivity contribution in [1.29, 1.82) is 0 Å². The van der Waals surface area contributed by atoms with Gasteiger partial charge in [-0.05, 0) is 43.5 Å². The average molecular weight is 463 g/mol. The van der Waals surface area contributed by atoms with Crippen molar-refractivity contribution in [2.24, 2.45) is 11.7 Å². The number of carbonyl (C=O) groups is 1. The molecule has 0 fully saturated rings. The van der Waals surface area contributed by atoms with Gasteiger partial charge < -0.3 is 15.4 Å². The maximum atomic E-state index is 13.7. The smallest absolute Gasteiger partial charge is 0.257 e. The lowest BCUT2D eigenvalue weighted by atomic mass is 9.99. The Kier molecular flexibility index (Phi) is 8.60. The third kappa shape index (κ3) is 5.91. The van der Waals surface area contributed by atoms with Crippen molar-refractivity contribution in [2.45, 2.75) is 39.8 Å². The van der Waals surface area contributed by atoms with Gasteiger partial charge in [-0.25, -0.2) is 0 Å². The van der Waals surface area contributed by atoms with E-state index in [0.717, 1.165) is 11.1 Å². The molecule has 1 unspecified atom stereocenters. The molecule has 3 rings (SSSR count). The summed E-state index contributed by atoms with van der Waals surface area (Å²) in [6.45, 7) is 7.29. The molecule has 0 saturated heterocycles. The largest absolute Gasteiger partial charge is 0.481 e. The van der Waals surface area contributed by atoms with Gasteiger partial charge in [0, 0.05) is 12.1 Å². The molecule has 1 atom stereocenters. The van der Waals surface area contributed by atoms with Crippen molar-refractivity contribution in [3.63, 3.8) is 0 Å². The fourth-order valence-corrected chi connectivity index (χ4v) is 4.05. The second-order valence-corrected chi connectivity index (χ2v) is 8.76. The zero-order chi connectivity index (χ0) is 24.7. The SMILES string of the molecule is COc1cc(=O)n(Cc2ccccc2)c(C(C(C)C)N(CCCN)C(=O)c2ccc(C)cc2)n1. The summed E-state index contributed by atoms with van der Waals surface area (Å²) in [5.41, 5.74) is 8.24. The van der Waals surface area contributed by atoms with Crippen LogP contribution in [0.2, 0.25) is 0 Å². The third-order valence-corrected chi connectivity index (χ3v) is 5.80. The van der Waals surface area contributed by atoms with Gasteiger partial charge in [0.15, 0.2) is 0 Å². The Morgan fingerprint density at radius 3 is 2.38 bits per heavy atom. The van der Waals surface area contributed by atoms with Gasteiger partial charge in [0.05, 0.1) is 25.8 Å². The lowest BCUT2D eigenvalue weighted by Crippen LogP contribution is -2.42. The van der Waals surface area contributed by atoms with Crippen LogP contribution in [-0.4, -0.2) is 40.6 Å². The number of amides is 1. The Morgan fingerprint density at radius 2 is 1.79 bits per heavy atom. The van der Waals surface area contributed by atoms with Crippen LogP contribution < -0.4 is 16.0 Å². The predicted octanol–water partition coefficient (Wildman–Crippen LogP) is 3.80. The Balaban J connectivity index is 2.15. The molecule has 2 aromatic carbocycles. The van der Waals surface area contributed by atoms with Crippen molar-refractivity contribution in [2.75, 3.05) is 20.2 Å². The summed E-state index contributed by atoms with van der Waals surface area (Å²) in [6, 6.07) is 18.2. The van der Waals surface area contributed by atoms with Crippen molar-refractivity contribution < 1.29 is 9.53 Å². The molecule has 2 N–H and O–H groups in total. The maximum Gasteiger partial charge on any atom is 0.257 e. The van der Waals surface area contributed by atoms with Gasteiger partial charge in [0.1, 0.15) is 5.82 Å². The number of methoxy groups -OCH3 is 1. The van der Waals surface area contributed by atoms with Crippen LogP contribution in [0, 0.1) is 12.8 Å². The molecule has 1 aromatic heterocycles. The van der Waals surface area contributed by atoms with E-state index in [-0.39, 0.29) is 23.3 Å². The highest BCUT2D eigenvalue weighted by atomic mass is 16.5. The molecule has 3 aromatic rings. The van der Waals surface area contributed by atoms with Crippen LogP contribution in [0.25, 0.3) is 0 Å². The van der Waals surface area contributed by atoms with E-state index >= 15 is 0 Å². The molecular formula is C27H34N4O3. The minimum atomic E-state index is -0.452. The van der Waals surface area contributed by atoms with Crippen LogP contribution in [0.15, 0.2) is 65.5 Å². The van der Waals surface area contributed by atoms with Crippen LogP contribution >= 0.6 is 0 Å². The molecule has 34 heavy (non-hydrogen) atoms. The van der Waals surface area contributed by atoms with E-state index in [1.807, 2.05) is 75.4 Å².